The average molecular weight is 378 g/mol. The molecule has 2 amide bonds. The van der Waals surface area contributed by atoms with Crippen LogP contribution in [0, 0.1) is 0 Å². The first-order valence-corrected chi connectivity index (χ1v) is 10.2. The van der Waals surface area contributed by atoms with Gasteiger partial charge in [-0.1, -0.05) is 30.3 Å². The van der Waals surface area contributed by atoms with Gasteiger partial charge in [-0.25, -0.2) is 4.79 Å². The number of β-lactam (4-membered cyclic amide) rings is 1. The van der Waals surface area contributed by atoms with Crippen LogP contribution in [0.2, 0.25) is 0 Å². The molecule has 2 heterocycles. The summed E-state index contributed by atoms with van der Waals surface area (Å²) < 4.78 is 0. The Hall–Kier alpha value is -1.93. The van der Waals surface area contributed by atoms with Gasteiger partial charge < -0.3 is 10.4 Å². The Morgan fingerprint density at radius 3 is 2.72 bits per heavy atom. The Kier molecular flexibility index (Phi) is 5.39. The van der Waals surface area contributed by atoms with E-state index in [2.05, 4.69) is 5.32 Å². The van der Waals surface area contributed by atoms with E-state index in [-0.39, 0.29) is 29.3 Å². The van der Waals surface area contributed by atoms with Gasteiger partial charge in [0, 0.05) is 11.5 Å². The molecule has 0 aliphatic carbocycles. The third-order valence-electron chi connectivity index (χ3n) is 4.09. The topological polar surface area (TPSA) is 86.7 Å². The number of hydrogen-bond acceptors (Lipinski definition) is 5. The minimum Gasteiger partial charge on any atom is -0.477 e. The molecule has 1 saturated heterocycles. The van der Waals surface area contributed by atoms with E-state index in [1.165, 1.54) is 28.4 Å². The van der Waals surface area contributed by atoms with Gasteiger partial charge in [-0.15, -0.1) is 11.8 Å². The Labute approximate surface area is 154 Å². The zero-order valence-corrected chi connectivity index (χ0v) is 15.2. The molecule has 8 heteroatoms. The molecular weight excluding hydrogens is 360 g/mol. The molecule has 2 aliphatic heterocycles. The minimum absolute atomic E-state index is 0.0802. The molecule has 2 aliphatic rings. The zero-order chi connectivity index (χ0) is 18.0. The van der Waals surface area contributed by atoms with E-state index in [0.29, 0.717) is 11.5 Å². The van der Waals surface area contributed by atoms with E-state index in [1.54, 1.807) is 0 Å². The fraction of sp³-hybridized carbons (Fsp3) is 0.353. The van der Waals surface area contributed by atoms with Crippen molar-refractivity contribution < 1.29 is 19.5 Å². The number of hydrogen-bond donors (Lipinski definition) is 2. The number of carboxylic acids is 1. The largest absolute Gasteiger partial charge is 0.477 e. The number of carbonyl (C=O) groups is 3. The molecule has 0 bridgehead atoms. The molecule has 1 aromatic carbocycles. The number of carboxylic acid groups (broad SMARTS) is 1. The second-order valence-corrected chi connectivity index (χ2v) is 7.78. The zero-order valence-electron chi connectivity index (χ0n) is 13.6. The monoisotopic (exact) mass is 378 g/mol. The summed E-state index contributed by atoms with van der Waals surface area (Å²) in [5.41, 5.74) is 1.70. The molecule has 3 rings (SSSR count). The maximum absolute atomic E-state index is 12.4. The minimum atomic E-state index is -1.09. The van der Waals surface area contributed by atoms with Crippen LogP contribution in [0.15, 0.2) is 41.6 Å². The molecule has 1 aromatic rings. The summed E-state index contributed by atoms with van der Waals surface area (Å²) in [6, 6.07) is 8.62. The predicted octanol–water partition coefficient (Wildman–Crippen LogP) is 1.33. The summed E-state index contributed by atoms with van der Waals surface area (Å²) in [7, 11) is 0. The average Bonchev–Trinajstić information content (AvgIpc) is 2.60. The van der Waals surface area contributed by atoms with Crippen LogP contribution in [0.4, 0.5) is 0 Å². The molecule has 6 nitrogen and oxygen atoms in total. The number of fused-ring (bicyclic) bond motifs is 1. The number of rotatable bonds is 6. The lowest BCUT2D eigenvalue weighted by molar-refractivity contribution is -0.150. The van der Waals surface area contributed by atoms with Crippen molar-refractivity contribution in [3.05, 3.63) is 47.2 Å². The number of carbonyl (C=O) groups excluding carboxylic acids is 2. The van der Waals surface area contributed by atoms with Gasteiger partial charge in [0.05, 0.1) is 6.42 Å². The van der Waals surface area contributed by atoms with Gasteiger partial charge in [-0.2, -0.15) is 11.8 Å². The Morgan fingerprint density at radius 1 is 1.36 bits per heavy atom. The van der Waals surface area contributed by atoms with Crippen molar-refractivity contribution in [2.75, 3.05) is 17.8 Å². The molecule has 25 heavy (non-hydrogen) atoms. The Morgan fingerprint density at radius 2 is 2.08 bits per heavy atom. The van der Waals surface area contributed by atoms with Crippen molar-refractivity contribution >= 4 is 41.3 Å². The van der Waals surface area contributed by atoms with Crippen molar-refractivity contribution in [1.29, 1.82) is 0 Å². The van der Waals surface area contributed by atoms with E-state index >= 15 is 0 Å². The lowest BCUT2D eigenvalue weighted by atomic mass is 10.0. The van der Waals surface area contributed by atoms with Gasteiger partial charge in [0.25, 0.3) is 5.91 Å². The van der Waals surface area contributed by atoms with Crippen molar-refractivity contribution in [3.8, 4) is 0 Å². The second-order valence-electron chi connectivity index (χ2n) is 5.81. The SMILES string of the molecule is CSCC1=C(C(=O)O)N2C(=O)C(NC(=O)Cc3ccccc3)[C@@H]2SC1. The van der Waals surface area contributed by atoms with Crippen LogP contribution < -0.4 is 5.32 Å². The van der Waals surface area contributed by atoms with Gasteiger partial charge in [0.1, 0.15) is 17.1 Å². The summed E-state index contributed by atoms with van der Waals surface area (Å²) in [5, 5.41) is 11.9. The van der Waals surface area contributed by atoms with E-state index in [0.717, 1.165) is 11.1 Å². The van der Waals surface area contributed by atoms with Gasteiger partial charge in [-0.05, 0) is 17.4 Å². The van der Waals surface area contributed by atoms with Crippen LogP contribution in [-0.2, 0) is 20.8 Å². The van der Waals surface area contributed by atoms with Crippen LogP contribution in [0.1, 0.15) is 5.56 Å². The van der Waals surface area contributed by atoms with Gasteiger partial charge >= 0.3 is 5.97 Å². The highest BCUT2D eigenvalue weighted by Gasteiger charge is 2.53. The number of aliphatic carboxylic acids is 1. The van der Waals surface area contributed by atoms with Crippen molar-refractivity contribution in [1.82, 2.24) is 10.2 Å². The maximum Gasteiger partial charge on any atom is 0.352 e. The van der Waals surface area contributed by atoms with E-state index in [4.69, 9.17) is 0 Å². The highest BCUT2D eigenvalue weighted by atomic mass is 32.2. The number of nitrogens with zero attached hydrogens (tertiary/aromatic N) is 1. The molecule has 0 spiro atoms. The fourth-order valence-corrected chi connectivity index (χ4v) is 5.04. The number of amides is 2. The third-order valence-corrected chi connectivity index (χ3v) is 6.07. The first-order chi connectivity index (χ1) is 12.0. The maximum atomic E-state index is 12.4. The third kappa shape index (κ3) is 3.55. The van der Waals surface area contributed by atoms with E-state index in [9.17, 15) is 19.5 Å². The molecule has 0 saturated carbocycles. The van der Waals surface area contributed by atoms with Crippen LogP contribution >= 0.6 is 23.5 Å². The van der Waals surface area contributed by atoms with E-state index in [1.807, 2.05) is 36.6 Å². The molecule has 0 radical (unpaired) electrons. The standard InChI is InChI=1S/C17H18N2O4S2/c1-24-8-11-9-25-16-13(15(21)19(16)14(11)17(22)23)18-12(20)7-10-5-3-2-4-6-10/h2-6,13,16H,7-9H2,1H3,(H,18,20)(H,22,23)/t13?,16-/m0/s1. The van der Waals surface area contributed by atoms with Crippen molar-refractivity contribution in [2.24, 2.45) is 0 Å². The fourth-order valence-electron chi connectivity index (χ4n) is 2.97. The van der Waals surface area contributed by atoms with Crippen LogP contribution in [0.25, 0.3) is 0 Å². The highest BCUT2D eigenvalue weighted by molar-refractivity contribution is 8.00. The van der Waals surface area contributed by atoms with Crippen molar-refractivity contribution in [2.45, 2.75) is 17.8 Å². The van der Waals surface area contributed by atoms with Gasteiger partial charge in [0.15, 0.2) is 0 Å². The van der Waals surface area contributed by atoms with Crippen LogP contribution in [-0.4, -0.2) is 57.0 Å². The first-order valence-electron chi connectivity index (χ1n) is 7.75. The molecule has 132 valence electrons. The predicted molar refractivity (Wildman–Crippen MR) is 98.2 cm³/mol. The molecule has 2 N–H and O–H groups in total. The summed E-state index contributed by atoms with van der Waals surface area (Å²) >= 11 is 3.03. The lowest BCUT2D eigenvalue weighted by Gasteiger charge is -2.49. The molecule has 0 aromatic heterocycles. The quantitative estimate of drug-likeness (QED) is 0.727. The molecule has 1 unspecified atom stereocenters. The number of nitrogens with one attached hydrogen (secondary N) is 1. The van der Waals surface area contributed by atoms with Gasteiger partial charge in [0.2, 0.25) is 5.91 Å². The van der Waals surface area contributed by atoms with Crippen LogP contribution in [0.3, 0.4) is 0 Å². The van der Waals surface area contributed by atoms with E-state index < -0.39 is 12.0 Å². The Balaban J connectivity index is 1.69. The number of thioether (sulfide) groups is 2. The molecular formula is C17H18N2O4S2. The number of benzene rings is 1. The molecule has 2 atom stereocenters. The highest BCUT2D eigenvalue weighted by Crippen LogP contribution is 2.40. The smallest absolute Gasteiger partial charge is 0.352 e. The molecule has 1 fully saturated rings. The normalized spacial score (nSPS) is 22.3. The van der Waals surface area contributed by atoms with Crippen molar-refractivity contribution in [3.63, 3.8) is 0 Å². The first kappa shape index (κ1) is 17.9. The Bertz CT molecular complexity index is 735. The lowest BCUT2D eigenvalue weighted by Crippen LogP contribution is -2.70. The summed E-state index contributed by atoms with van der Waals surface area (Å²) in [6.45, 7) is 0. The second kappa shape index (κ2) is 7.53. The van der Waals surface area contributed by atoms with Crippen LogP contribution in [0.5, 0.6) is 0 Å². The summed E-state index contributed by atoms with van der Waals surface area (Å²) in [5.74, 6) is -0.537. The summed E-state index contributed by atoms with van der Waals surface area (Å²) in [4.78, 5) is 37.5. The van der Waals surface area contributed by atoms with Gasteiger partial charge in [-0.3, -0.25) is 14.5 Å². The summed E-state index contributed by atoms with van der Waals surface area (Å²) in [6.07, 6.45) is 2.09.